The quantitative estimate of drug-likeness (QED) is 0.218. The number of carbonyl (C=O) groups is 2. The number of H-pyrrole nitrogens is 1. The maximum atomic E-state index is 13.6. The molecule has 4 aromatic rings. The third-order valence-corrected chi connectivity index (χ3v) is 8.50. The number of fused-ring (bicyclic) bond motifs is 3. The first-order chi connectivity index (χ1) is 16.3. The molecule has 7 nitrogen and oxygen atoms in total. The molecular weight excluding hydrogens is 470 g/mol. The highest BCUT2D eigenvalue weighted by Gasteiger charge is 2.24. The summed E-state index contributed by atoms with van der Waals surface area (Å²) < 4.78 is 7.12. The fourth-order valence-electron chi connectivity index (χ4n) is 4.79. The predicted octanol–water partition coefficient (Wildman–Crippen LogP) is 5.10. The van der Waals surface area contributed by atoms with E-state index in [9.17, 15) is 14.4 Å². The van der Waals surface area contributed by atoms with E-state index in [0.29, 0.717) is 38.8 Å². The van der Waals surface area contributed by atoms with E-state index in [4.69, 9.17) is 9.40 Å². The fourth-order valence-corrected chi connectivity index (χ4v) is 6.96. The SMILES string of the molecule is CC(=O)c1c(C)[nH]c(C(=O)CSc2nc3sc4c(c3c(=O)n2Cc2ccco2)CCCC4)c1C. The average Bonchev–Trinajstić information content (AvgIpc) is 3.51. The Morgan fingerprint density at radius 2 is 2.06 bits per heavy atom. The molecule has 1 N–H and O–H groups in total. The Bertz CT molecular complexity index is 1470. The molecule has 0 aromatic carbocycles. The van der Waals surface area contributed by atoms with E-state index in [0.717, 1.165) is 36.1 Å². The minimum Gasteiger partial charge on any atom is -0.467 e. The third-order valence-electron chi connectivity index (χ3n) is 6.33. The van der Waals surface area contributed by atoms with Gasteiger partial charge in [0.15, 0.2) is 16.7 Å². The number of furan rings is 1. The number of hydrogen-bond acceptors (Lipinski definition) is 7. The molecule has 9 heteroatoms. The minimum absolute atomic E-state index is 0.0704. The number of aromatic amines is 1. The van der Waals surface area contributed by atoms with Crippen molar-refractivity contribution in [1.29, 1.82) is 0 Å². The molecule has 34 heavy (non-hydrogen) atoms. The van der Waals surface area contributed by atoms with Crippen molar-refractivity contribution in [3.8, 4) is 0 Å². The van der Waals surface area contributed by atoms with Crippen LogP contribution in [0.25, 0.3) is 10.2 Å². The molecule has 0 radical (unpaired) electrons. The van der Waals surface area contributed by atoms with Crippen LogP contribution in [0.4, 0.5) is 0 Å². The largest absolute Gasteiger partial charge is 0.467 e. The maximum Gasteiger partial charge on any atom is 0.263 e. The van der Waals surface area contributed by atoms with Crippen LogP contribution in [0.15, 0.2) is 32.8 Å². The van der Waals surface area contributed by atoms with E-state index in [1.807, 2.05) is 6.07 Å². The van der Waals surface area contributed by atoms with Crippen LogP contribution in [0, 0.1) is 13.8 Å². The van der Waals surface area contributed by atoms with Crippen molar-refractivity contribution in [2.45, 2.75) is 58.2 Å². The molecule has 0 unspecified atom stereocenters. The van der Waals surface area contributed by atoms with Gasteiger partial charge in [-0.25, -0.2) is 4.98 Å². The molecule has 0 atom stereocenters. The Morgan fingerprint density at radius 3 is 2.76 bits per heavy atom. The highest BCUT2D eigenvalue weighted by atomic mass is 32.2. The highest BCUT2D eigenvalue weighted by Crippen LogP contribution is 2.35. The van der Waals surface area contributed by atoms with Crippen LogP contribution < -0.4 is 5.56 Å². The molecule has 0 bridgehead atoms. The molecule has 1 aliphatic carbocycles. The van der Waals surface area contributed by atoms with Crippen molar-refractivity contribution in [3.63, 3.8) is 0 Å². The molecule has 0 saturated heterocycles. The van der Waals surface area contributed by atoms with Crippen molar-refractivity contribution in [2.75, 3.05) is 5.75 Å². The lowest BCUT2D eigenvalue weighted by Gasteiger charge is -2.12. The van der Waals surface area contributed by atoms with Crippen molar-refractivity contribution < 1.29 is 14.0 Å². The van der Waals surface area contributed by atoms with Crippen molar-refractivity contribution >= 4 is 44.9 Å². The Balaban J connectivity index is 1.52. The summed E-state index contributed by atoms with van der Waals surface area (Å²) in [5.41, 5.74) is 3.41. The number of carbonyl (C=O) groups excluding carboxylic acids is 2. The molecule has 0 fully saturated rings. The van der Waals surface area contributed by atoms with Crippen molar-refractivity contribution in [3.05, 3.63) is 67.5 Å². The van der Waals surface area contributed by atoms with Gasteiger partial charge in [0, 0.05) is 16.1 Å². The van der Waals surface area contributed by atoms with Gasteiger partial charge in [-0.3, -0.25) is 19.0 Å². The lowest BCUT2D eigenvalue weighted by atomic mass is 9.97. The lowest BCUT2D eigenvalue weighted by Crippen LogP contribution is -2.24. The van der Waals surface area contributed by atoms with Gasteiger partial charge in [-0.2, -0.15) is 0 Å². The van der Waals surface area contributed by atoms with Crippen LogP contribution in [0.2, 0.25) is 0 Å². The second-order valence-corrected chi connectivity index (χ2v) is 10.7. The zero-order valence-electron chi connectivity index (χ0n) is 19.3. The van der Waals surface area contributed by atoms with Gasteiger partial charge in [0.1, 0.15) is 10.6 Å². The standard InChI is InChI=1S/C25H25N3O4S2/c1-13-20(15(3)29)14(2)26-22(13)18(30)12-33-25-27-23-21(17-8-4-5-9-19(17)34-23)24(31)28(25)11-16-7-6-10-32-16/h6-7,10,26H,4-5,8-9,11-12H2,1-3H3. The summed E-state index contributed by atoms with van der Waals surface area (Å²) in [6.45, 7) is 5.33. The Morgan fingerprint density at radius 1 is 1.26 bits per heavy atom. The van der Waals surface area contributed by atoms with Crippen LogP contribution in [-0.4, -0.2) is 31.9 Å². The summed E-state index contributed by atoms with van der Waals surface area (Å²) in [6.07, 6.45) is 5.69. The number of aromatic nitrogens is 3. The van der Waals surface area contributed by atoms with Crippen LogP contribution in [0.5, 0.6) is 0 Å². The molecule has 0 aliphatic heterocycles. The van der Waals surface area contributed by atoms with Gasteiger partial charge in [0.25, 0.3) is 5.56 Å². The molecule has 176 valence electrons. The smallest absolute Gasteiger partial charge is 0.263 e. The molecular formula is C25H25N3O4S2. The van der Waals surface area contributed by atoms with Crippen LogP contribution in [0.3, 0.4) is 0 Å². The number of nitrogens with one attached hydrogen (secondary N) is 1. The summed E-state index contributed by atoms with van der Waals surface area (Å²) in [5.74, 6) is 0.545. The summed E-state index contributed by atoms with van der Waals surface area (Å²) in [5, 5.41) is 1.21. The number of hydrogen-bond donors (Lipinski definition) is 1. The Hall–Kier alpha value is -2.91. The number of rotatable bonds is 7. The minimum atomic E-state index is -0.137. The molecule has 1 aliphatic rings. The second kappa shape index (κ2) is 9.03. The van der Waals surface area contributed by atoms with E-state index in [1.165, 1.54) is 23.6 Å². The zero-order valence-corrected chi connectivity index (χ0v) is 21.0. The Kier molecular flexibility index (Phi) is 6.07. The van der Waals surface area contributed by atoms with Crippen molar-refractivity contribution in [1.82, 2.24) is 14.5 Å². The highest BCUT2D eigenvalue weighted by molar-refractivity contribution is 7.99. The van der Waals surface area contributed by atoms with E-state index in [-0.39, 0.29) is 29.4 Å². The van der Waals surface area contributed by atoms with Gasteiger partial charge in [-0.1, -0.05) is 11.8 Å². The van der Waals surface area contributed by atoms with Crippen molar-refractivity contribution in [2.24, 2.45) is 0 Å². The monoisotopic (exact) mass is 495 g/mol. The number of nitrogens with zero attached hydrogens (tertiary/aromatic N) is 2. The van der Waals surface area contributed by atoms with Gasteiger partial charge in [0.05, 0.1) is 29.6 Å². The van der Waals surface area contributed by atoms with E-state index in [1.54, 1.807) is 42.1 Å². The molecule has 0 spiro atoms. The normalized spacial score (nSPS) is 13.4. The van der Waals surface area contributed by atoms with Gasteiger partial charge in [-0.05, 0) is 69.7 Å². The first kappa shape index (κ1) is 22.9. The van der Waals surface area contributed by atoms with Crippen LogP contribution in [-0.2, 0) is 19.4 Å². The second-order valence-electron chi connectivity index (χ2n) is 8.65. The van der Waals surface area contributed by atoms with Gasteiger partial charge in [0.2, 0.25) is 0 Å². The van der Waals surface area contributed by atoms with E-state index < -0.39 is 0 Å². The average molecular weight is 496 g/mol. The van der Waals surface area contributed by atoms with Gasteiger partial charge < -0.3 is 9.40 Å². The number of ketones is 2. The molecule has 5 rings (SSSR count). The first-order valence-electron chi connectivity index (χ1n) is 11.3. The number of thioether (sulfide) groups is 1. The molecule has 4 aromatic heterocycles. The lowest BCUT2D eigenvalue weighted by molar-refractivity contribution is 0.101. The fraction of sp³-hybridized carbons (Fsp3) is 0.360. The summed E-state index contributed by atoms with van der Waals surface area (Å²) in [6, 6.07) is 3.62. The molecule has 4 heterocycles. The van der Waals surface area contributed by atoms with Crippen LogP contribution >= 0.6 is 23.1 Å². The summed E-state index contributed by atoms with van der Waals surface area (Å²) in [7, 11) is 0. The van der Waals surface area contributed by atoms with E-state index in [2.05, 4.69) is 4.98 Å². The molecule has 0 amide bonds. The first-order valence-corrected chi connectivity index (χ1v) is 13.1. The summed E-state index contributed by atoms with van der Waals surface area (Å²) in [4.78, 5) is 48.6. The maximum absolute atomic E-state index is 13.6. The van der Waals surface area contributed by atoms with Crippen LogP contribution in [0.1, 0.15) is 68.1 Å². The Labute approximate surface area is 204 Å². The summed E-state index contributed by atoms with van der Waals surface area (Å²) >= 11 is 2.84. The van der Waals surface area contributed by atoms with Gasteiger partial charge >= 0.3 is 0 Å². The number of Topliss-reactive ketones (excluding diaryl/α,β-unsaturated/α-hetero) is 2. The number of thiophene rings is 1. The number of aryl methyl sites for hydroxylation is 3. The van der Waals surface area contributed by atoms with E-state index >= 15 is 0 Å². The predicted molar refractivity (Wildman–Crippen MR) is 134 cm³/mol. The topological polar surface area (TPSA) is 98.0 Å². The molecule has 0 saturated carbocycles. The van der Waals surface area contributed by atoms with Gasteiger partial charge in [-0.15, -0.1) is 11.3 Å². The third kappa shape index (κ3) is 3.96. The zero-order chi connectivity index (χ0) is 24.0.